The van der Waals surface area contributed by atoms with Gasteiger partial charge in [0.1, 0.15) is 0 Å². The van der Waals surface area contributed by atoms with Gasteiger partial charge >= 0.3 is 5.97 Å². The van der Waals surface area contributed by atoms with Crippen molar-refractivity contribution in [2.45, 2.75) is 31.3 Å². The van der Waals surface area contributed by atoms with E-state index in [-0.39, 0.29) is 4.90 Å². The number of rotatable bonds is 4. The maximum Gasteiger partial charge on any atom is 0.336 e. The molecule has 0 aromatic heterocycles. The molecule has 0 radical (unpaired) electrons. The van der Waals surface area contributed by atoms with Gasteiger partial charge in [0, 0.05) is 0 Å². The molecule has 0 aliphatic carbocycles. The lowest BCUT2D eigenvalue weighted by molar-refractivity contribution is -0.151. The minimum atomic E-state index is -4.06. The fraction of sp³-hybridized carbons (Fsp3) is 0.364. The third kappa shape index (κ3) is 3.28. The minimum Gasteiger partial charge on any atom is -0.479 e. The zero-order chi connectivity index (χ0) is 13.3. The van der Waals surface area contributed by atoms with Crippen LogP contribution in [0.3, 0.4) is 0 Å². The zero-order valence-corrected chi connectivity index (χ0v) is 10.6. The van der Waals surface area contributed by atoms with Gasteiger partial charge in [0.15, 0.2) is 5.60 Å². The predicted molar refractivity (Wildman–Crippen MR) is 61.2 cm³/mol. The van der Waals surface area contributed by atoms with Crippen LogP contribution in [0.15, 0.2) is 29.2 Å². The first kappa shape index (κ1) is 13.7. The van der Waals surface area contributed by atoms with E-state index in [0.29, 0.717) is 0 Å². The van der Waals surface area contributed by atoms with E-state index < -0.39 is 21.7 Å². The van der Waals surface area contributed by atoms with E-state index in [1.807, 2.05) is 6.92 Å². The van der Waals surface area contributed by atoms with Crippen molar-refractivity contribution in [1.82, 2.24) is 0 Å². The van der Waals surface area contributed by atoms with Gasteiger partial charge in [-0.3, -0.25) is 0 Å². The minimum absolute atomic E-state index is 0.0579. The smallest absolute Gasteiger partial charge is 0.336 e. The molecule has 0 bridgehead atoms. The summed E-state index contributed by atoms with van der Waals surface area (Å²) in [5.74, 6) is -1.34. The standard InChI is InChI=1S/C11H14O5S/c1-8-4-6-9(7-5-8)17(14,15)16-11(2,3)10(12)13/h4-7H,1-3H3,(H,12,13). The molecule has 1 N–H and O–H groups in total. The third-order valence-corrected chi connectivity index (χ3v) is 3.63. The summed E-state index contributed by atoms with van der Waals surface area (Å²) >= 11 is 0. The molecule has 0 heterocycles. The first-order valence-corrected chi connectivity index (χ1v) is 6.32. The van der Waals surface area contributed by atoms with E-state index in [1.54, 1.807) is 12.1 Å². The van der Waals surface area contributed by atoms with Crippen LogP contribution >= 0.6 is 0 Å². The Kier molecular flexibility index (Phi) is 3.59. The quantitative estimate of drug-likeness (QED) is 0.829. The molecule has 94 valence electrons. The van der Waals surface area contributed by atoms with Crippen molar-refractivity contribution < 1.29 is 22.5 Å². The van der Waals surface area contributed by atoms with Crippen molar-refractivity contribution in [2.75, 3.05) is 0 Å². The average Bonchev–Trinajstić information content (AvgIpc) is 2.16. The lowest BCUT2D eigenvalue weighted by Gasteiger charge is -2.19. The summed E-state index contributed by atoms with van der Waals surface area (Å²) in [5, 5.41) is 8.81. The average molecular weight is 258 g/mol. The molecule has 0 fully saturated rings. The van der Waals surface area contributed by atoms with Gasteiger partial charge in [-0.1, -0.05) is 17.7 Å². The molecule has 6 heteroatoms. The third-order valence-electron chi connectivity index (χ3n) is 2.14. The van der Waals surface area contributed by atoms with Gasteiger partial charge in [-0.15, -0.1) is 0 Å². The van der Waals surface area contributed by atoms with Crippen LogP contribution in [0.25, 0.3) is 0 Å². The number of hydrogen-bond donors (Lipinski definition) is 1. The van der Waals surface area contributed by atoms with Gasteiger partial charge in [0.25, 0.3) is 10.1 Å². The summed E-state index contributed by atoms with van der Waals surface area (Å²) in [4.78, 5) is 10.7. The van der Waals surface area contributed by atoms with Crippen molar-refractivity contribution in [3.05, 3.63) is 29.8 Å². The number of benzene rings is 1. The van der Waals surface area contributed by atoms with Crippen LogP contribution in [-0.2, 0) is 19.1 Å². The van der Waals surface area contributed by atoms with Crippen LogP contribution in [0.2, 0.25) is 0 Å². The van der Waals surface area contributed by atoms with Crippen molar-refractivity contribution in [1.29, 1.82) is 0 Å². The Labute approximate surface area is 100 Å². The fourth-order valence-corrected chi connectivity index (χ4v) is 2.25. The first-order chi connectivity index (χ1) is 7.65. The van der Waals surface area contributed by atoms with Gasteiger partial charge in [0.05, 0.1) is 4.90 Å². The Morgan fingerprint density at radius 2 is 1.71 bits per heavy atom. The highest BCUT2D eigenvalue weighted by Crippen LogP contribution is 2.20. The lowest BCUT2D eigenvalue weighted by atomic mass is 10.1. The number of aliphatic carboxylic acids is 1. The monoisotopic (exact) mass is 258 g/mol. The largest absolute Gasteiger partial charge is 0.479 e. The van der Waals surface area contributed by atoms with Crippen LogP contribution < -0.4 is 0 Å². The molecule has 17 heavy (non-hydrogen) atoms. The summed E-state index contributed by atoms with van der Waals surface area (Å²) in [6.07, 6.45) is 0. The predicted octanol–water partition coefficient (Wildman–Crippen LogP) is 1.56. The van der Waals surface area contributed by atoms with Crippen LogP contribution in [0.1, 0.15) is 19.4 Å². The van der Waals surface area contributed by atoms with Gasteiger partial charge in [-0.2, -0.15) is 8.42 Å². The van der Waals surface area contributed by atoms with Crippen molar-refractivity contribution in [3.63, 3.8) is 0 Å². The molecular weight excluding hydrogens is 244 g/mol. The number of hydrogen-bond acceptors (Lipinski definition) is 4. The van der Waals surface area contributed by atoms with Crippen LogP contribution in [-0.4, -0.2) is 25.1 Å². The van der Waals surface area contributed by atoms with E-state index >= 15 is 0 Å². The van der Waals surface area contributed by atoms with E-state index in [0.717, 1.165) is 5.56 Å². The number of carboxylic acids is 1. The highest BCUT2D eigenvalue weighted by atomic mass is 32.2. The lowest BCUT2D eigenvalue weighted by Crippen LogP contribution is -2.37. The van der Waals surface area contributed by atoms with Gasteiger partial charge < -0.3 is 5.11 Å². The highest BCUT2D eigenvalue weighted by Gasteiger charge is 2.35. The van der Waals surface area contributed by atoms with E-state index in [1.165, 1.54) is 26.0 Å². The molecule has 0 saturated heterocycles. The van der Waals surface area contributed by atoms with E-state index in [4.69, 9.17) is 5.11 Å². The Morgan fingerprint density at radius 3 is 2.12 bits per heavy atom. The van der Waals surface area contributed by atoms with E-state index in [9.17, 15) is 13.2 Å². The summed E-state index contributed by atoms with van der Waals surface area (Å²) in [6, 6.07) is 5.99. The van der Waals surface area contributed by atoms with Crippen LogP contribution in [0, 0.1) is 6.92 Å². The Hall–Kier alpha value is -1.40. The molecule has 0 aliphatic heterocycles. The molecular formula is C11H14O5S. The second kappa shape index (κ2) is 4.46. The number of carbonyl (C=O) groups is 1. The second-order valence-electron chi connectivity index (χ2n) is 4.17. The summed E-state index contributed by atoms with van der Waals surface area (Å²) in [5.41, 5.74) is -0.884. The van der Waals surface area contributed by atoms with Crippen molar-refractivity contribution in [2.24, 2.45) is 0 Å². The molecule has 0 unspecified atom stereocenters. The summed E-state index contributed by atoms with van der Waals surface area (Å²) < 4.78 is 28.2. The fourth-order valence-electron chi connectivity index (χ4n) is 1.06. The molecule has 0 amide bonds. The molecule has 0 atom stereocenters. The van der Waals surface area contributed by atoms with E-state index in [2.05, 4.69) is 4.18 Å². The van der Waals surface area contributed by atoms with Gasteiger partial charge in [0.2, 0.25) is 0 Å². The van der Waals surface area contributed by atoms with Gasteiger partial charge in [-0.25, -0.2) is 8.98 Å². The molecule has 1 aromatic rings. The molecule has 0 aliphatic rings. The summed E-state index contributed by atoms with van der Waals surface area (Å²) in [7, 11) is -4.06. The first-order valence-electron chi connectivity index (χ1n) is 4.91. The summed E-state index contributed by atoms with van der Waals surface area (Å²) in [6.45, 7) is 4.18. The molecule has 0 spiro atoms. The second-order valence-corrected chi connectivity index (χ2v) is 5.71. The molecule has 1 rings (SSSR count). The Bertz CT molecular complexity index is 513. The Balaban J connectivity index is 3.05. The SMILES string of the molecule is Cc1ccc(S(=O)(=O)OC(C)(C)C(=O)O)cc1. The number of carboxylic acid groups (broad SMARTS) is 1. The van der Waals surface area contributed by atoms with Crippen LogP contribution in [0.5, 0.6) is 0 Å². The number of aryl methyl sites for hydroxylation is 1. The molecule has 1 aromatic carbocycles. The van der Waals surface area contributed by atoms with Crippen molar-refractivity contribution >= 4 is 16.1 Å². The van der Waals surface area contributed by atoms with Crippen LogP contribution in [0.4, 0.5) is 0 Å². The van der Waals surface area contributed by atoms with Crippen molar-refractivity contribution in [3.8, 4) is 0 Å². The van der Waals surface area contributed by atoms with Gasteiger partial charge in [-0.05, 0) is 32.9 Å². The Morgan fingerprint density at radius 1 is 1.24 bits per heavy atom. The highest BCUT2D eigenvalue weighted by molar-refractivity contribution is 7.86. The topological polar surface area (TPSA) is 80.7 Å². The molecule has 5 nitrogen and oxygen atoms in total. The maximum absolute atomic E-state index is 11.8. The molecule has 0 saturated carbocycles. The maximum atomic E-state index is 11.8. The normalized spacial score (nSPS) is 12.4. The zero-order valence-electron chi connectivity index (χ0n) is 9.80.